The van der Waals surface area contributed by atoms with Gasteiger partial charge in [0, 0.05) is 6.42 Å². The molecule has 1 saturated carbocycles. The van der Waals surface area contributed by atoms with Gasteiger partial charge in [-0.3, -0.25) is 0 Å². The van der Waals surface area contributed by atoms with E-state index in [1.54, 1.807) is 0 Å². The van der Waals surface area contributed by atoms with Crippen LogP contribution >= 0.6 is 0 Å². The summed E-state index contributed by atoms with van der Waals surface area (Å²) in [6.07, 6.45) is 4.92. The highest BCUT2D eigenvalue weighted by molar-refractivity contribution is 5.07. The van der Waals surface area contributed by atoms with Crippen molar-refractivity contribution in [1.82, 2.24) is 0 Å². The molecule has 4 heterocycles. The lowest BCUT2D eigenvalue weighted by atomic mass is 9.52. The molecule has 0 aromatic carbocycles. The molecule has 4 aliphatic heterocycles. The monoisotopic (exact) mass is 266 g/mol. The van der Waals surface area contributed by atoms with Gasteiger partial charge in [0.1, 0.15) is 0 Å². The average molecular weight is 266 g/mol. The third-order valence-corrected chi connectivity index (χ3v) is 6.53. The molecule has 7 atom stereocenters. The van der Waals surface area contributed by atoms with Crippen LogP contribution < -0.4 is 0 Å². The largest absolute Gasteiger partial charge is 0.352 e. The Kier molecular flexibility index (Phi) is 2.63. The summed E-state index contributed by atoms with van der Waals surface area (Å²) in [4.78, 5) is 0. The Morgan fingerprint density at radius 2 is 1.79 bits per heavy atom. The number of rotatable bonds is 0. The number of hydrogen-bond donors (Lipinski definition) is 0. The highest BCUT2D eigenvalue weighted by atomic mass is 16.8. The van der Waals surface area contributed by atoms with Crippen LogP contribution in [0.5, 0.6) is 0 Å². The van der Waals surface area contributed by atoms with Gasteiger partial charge in [0.25, 0.3) is 0 Å². The zero-order chi connectivity index (χ0) is 13.3. The first kappa shape index (κ1) is 12.6. The zero-order valence-corrected chi connectivity index (χ0v) is 12.4. The average Bonchev–Trinajstić information content (AvgIpc) is 2.61. The van der Waals surface area contributed by atoms with Gasteiger partial charge in [-0.2, -0.15) is 0 Å². The van der Waals surface area contributed by atoms with E-state index in [-0.39, 0.29) is 11.7 Å². The Morgan fingerprint density at radius 1 is 1.00 bits per heavy atom. The van der Waals surface area contributed by atoms with Crippen LogP contribution in [0.2, 0.25) is 0 Å². The summed E-state index contributed by atoms with van der Waals surface area (Å²) in [5, 5.41) is 0. The molecule has 3 heteroatoms. The molecule has 5 fully saturated rings. The minimum Gasteiger partial charge on any atom is -0.352 e. The molecule has 108 valence electrons. The molecule has 19 heavy (non-hydrogen) atoms. The number of ether oxygens (including phenoxy) is 3. The van der Waals surface area contributed by atoms with Crippen molar-refractivity contribution < 1.29 is 14.2 Å². The Bertz CT molecular complexity index is 384. The molecule has 0 unspecified atom stereocenters. The van der Waals surface area contributed by atoms with Gasteiger partial charge in [-0.1, -0.05) is 20.3 Å². The highest BCUT2D eigenvalue weighted by Gasteiger charge is 2.65. The molecule has 0 radical (unpaired) electrons. The third kappa shape index (κ3) is 1.55. The quantitative estimate of drug-likeness (QED) is 0.674. The van der Waals surface area contributed by atoms with Gasteiger partial charge in [-0.25, -0.2) is 0 Å². The summed E-state index contributed by atoms with van der Waals surface area (Å²) in [5.41, 5.74) is 0.130. The third-order valence-electron chi connectivity index (χ3n) is 6.53. The molecule has 0 N–H and O–H groups in total. The normalized spacial score (nSPS) is 60.5. The molecule has 3 nitrogen and oxygen atoms in total. The second-order valence-electron chi connectivity index (χ2n) is 7.60. The minimum atomic E-state index is -0.405. The van der Waals surface area contributed by atoms with Crippen LogP contribution in [0.25, 0.3) is 0 Å². The second kappa shape index (κ2) is 3.96. The van der Waals surface area contributed by atoms with Gasteiger partial charge in [-0.05, 0) is 43.4 Å². The maximum atomic E-state index is 6.28. The lowest BCUT2D eigenvalue weighted by Gasteiger charge is -2.60. The molecule has 0 aromatic heterocycles. The zero-order valence-electron chi connectivity index (χ0n) is 12.4. The van der Waals surface area contributed by atoms with Crippen molar-refractivity contribution in [1.29, 1.82) is 0 Å². The van der Waals surface area contributed by atoms with Crippen molar-refractivity contribution in [2.45, 2.75) is 58.5 Å². The minimum absolute atomic E-state index is 0.0253. The van der Waals surface area contributed by atoms with Crippen molar-refractivity contribution in [3.05, 3.63) is 0 Å². The summed E-state index contributed by atoms with van der Waals surface area (Å²) in [5.74, 6) is 2.44. The standard InChI is InChI=1S/C16H26O3/c1-10-4-5-12-11(2)8-17-14-16(12)9-18-15(3,19-14)7-6-13(10)16/h10-14H,4-9H2,1-3H3/t10-,11+,12+,13+,14-,15+,16-/m1/s1. The van der Waals surface area contributed by atoms with Gasteiger partial charge in [0.2, 0.25) is 0 Å². The molecular formula is C16H26O3. The predicted octanol–water partition coefficient (Wildman–Crippen LogP) is 3.18. The van der Waals surface area contributed by atoms with Gasteiger partial charge < -0.3 is 14.2 Å². The predicted molar refractivity (Wildman–Crippen MR) is 71.4 cm³/mol. The highest BCUT2D eigenvalue weighted by Crippen LogP contribution is 2.62. The summed E-state index contributed by atoms with van der Waals surface area (Å²) in [6, 6.07) is 0. The van der Waals surface area contributed by atoms with Crippen LogP contribution in [0, 0.1) is 29.1 Å². The first-order valence-corrected chi connectivity index (χ1v) is 7.98. The fourth-order valence-corrected chi connectivity index (χ4v) is 5.46. The summed E-state index contributed by atoms with van der Waals surface area (Å²) < 4.78 is 18.6. The van der Waals surface area contributed by atoms with E-state index in [0.717, 1.165) is 31.5 Å². The molecule has 5 rings (SSSR count). The molecular weight excluding hydrogens is 240 g/mol. The fraction of sp³-hybridized carbons (Fsp3) is 1.00. The first-order chi connectivity index (χ1) is 9.05. The van der Waals surface area contributed by atoms with Crippen molar-refractivity contribution in [2.24, 2.45) is 29.1 Å². The van der Waals surface area contributed by atoms with E-state index >= 15 is 0 Å². The van der Waals surface area contributed by atoms with E-state index in [1.807, 2.05) is 0 Å². The second-order valence-corrected chi connectivity index (χ2v) is 7.60. The summed E-state index contributed by atoms with van der Waals surface area (Å²) in [6.45, 7) is 8.57. The van der Waals surface area contributed by atoms with Crippen LogP contribution in [0.1, 0.15) is 46.5 Å². The van der Waals surface area contributed by atoms with Crippen LogP contribution in [-0.4, -0.2) is 25.3 Å². The summed E-state index contributed by atoms with van der Waals surface area (Å²) in [7, 11) is 0. The topological polar surface area (TPSA) is 27.7 Å². The van der Waals surface area contributed by atoms with Crippen molar-refractivity contribution in [3.63, 3.8) is 0 Å². The van der Waals surface area contributed by atoms with Gasteiger partial charge in [-0.15, -0.1) is 0 Å². The Balaban J connectivity index is 1.81. The Morgan fingerprint density at radius 3 is 2.63 bits per heavy atom. The van der Waals surface area contributed by atoms with Gasteiger partial charge in [0.05, 0.1) is 18.6 Å². The van der Waals surface area contributed by atoms with E-state index in [2.05, 4.69) is 20.8 Å². The number of hydrogen-bond acceptors (Lipinski definition) is 3. The lowest BCUT2D eigenvalue weighted by molar-refractivity contribution is -0.411. The number of fused-ring (bicyclic) bond motifs is 2. The molecule has 0 aromatic rings. The van der Waals surface area contributed by atoms with Crippen LogP contribution in [0.4, 0.5) is 0 Å². The van der Waals surface area contributed by atoms with Gasteiger partial charge in [0.15, 0.2) is 12.1 Å². The lowest BCUT2D eigenvalue weighted by Crippen LogP contribution is -2.64. The SMILES string of the molecule is C[C@@H]1CC[C@H]2[C@@H](C)CO[C@@H]3O[C@@]4(C)CC[C@@H]1[C@]32CO4. The van der Waals surface area contributed by atoms with E-state index in [9.17, 15) is 0 Å². The molecule has 2 bridgehead atoms. The van der Waals surface area contributed by atoms with Crippen molar-refractivity contribution in [2.75, 3.05) is 13.2 Å². The smallest absolute Gasteiger partial charge is 0.169 e. The van der Waals surface area contributed by atoms with E-state index < -0.39 is 5.79 Å². The molecule has 4 saturated heterocycles. The fourth-order valence-electron chi connectivity index (χ4n) is 5.46. The maximum absolute atomic E-state index is 6.28. The van der Waals surface area contributed by atoms with Gasteiger partial charge >= 0.3 is 0 Å². The van der Waals surface area contributed by atoms with E-state index in [1.165, 1.54) is 19.3 Å². The van der Waals surface area contributed by atoms with Crippen LogP contribution in [0.3, 0.4) is 0 Å². The Labute approximate surface area is 116 Å². The van der Waals surface area contributed by atoms with Crippen LogP contribution in [0.15, 0.2) is 0 Å². The molecule has 1 aliphatic carbocycles. The summed E-state index contributed by atoms with van der Waals surface area (Å²) >= 11 is 0. The first-order valence-electron chi connectivity index (χ1n) is 7.98. The Hall–Kier alpha value is -0.120. The molecule has 5 aliphatic rings. The molecule has 1 spiro atoms. The van der Waals surface area contributed by atoms with E-state index in [4.69, 9.17) is 14.2 Å². The van der Waals surface area contributed by atoms with Crippen molar-refractivity contribution in [3.8, 4) is 0 Å². The maximum Gasteiger partial charge on any atom is 0.169 e. The van der Waals surface area contributed by atoms with E-state index in [0.29, 0.717) is 11.8 Å². The van der Waals surface area contributed by atoms with Crippen molar-refractivity contribution >= 4 is 0 Å². The van der Waals surface area contributed by atoms with Crippen LogP contribution in [-0.2, 0) is 14.2 Å². The molecule has 0 amide bonds.